The Morgan fingerprint density at radius 2 is 2.18 bits per heavy atom. The number of rotatable bonds is 5. The standard InChI is InChI=1S/C20H16ClFN4O2/c1-3-15(23-2)19-25-18(17(28-19)12-6-7-13(21)14(22)10-12)26-9-8-16(11-4-5-11)24-20(26)27/h3,6-11H,2,4-5H2,1H3/b15-3-. The van der Waals surface area contributed by atoms with Gasteiger partial charge >= 0.3 is 5.69 Å². The summed E-state index contributed by atoms with van der Waals surface area (Å²) >= 11 is 5.78. The molecular formula is C20H16ClFN4O2. The van der Waals surface area contributed by atoms with Crippen LogP contribution in [0, 0.1) is 5.82 Å². The summed E-state index contributed by atoms with van der Waals surface area (Å²) in [6.07, 6.45) is 5.36. The third-order valence-electron chi connectivity index (χ3n) is 4.50. The number of halogens is 2. The molecule has 0 aliphatic heterocycles. The van der Waals surface area contributed by atoms with Gasteiger partial charge in [-0.3, -0.25) is 4.99 Å². The Balaban J connectivity index is 1.91. The first-order valence-electron chi connectivity index (χ1n) is 8.71. The van der Waals surface area contributed by atoms with E-state index in [0.29, 0.717) is 17.2 Å². The van der Waals surface area contributed by atoms with Gasteiger partial charge in [-0.25, -0.2) is 13.8 Å². The van der Waals surface area contributed by atoms with Crippen LogP contribution in [0.4, 0.5) is 4.39 Å². The Morgan fingerprint density at radius 3 is 2.79 bits per heavy atom. The smallest absolute Gasteiger partial charge is 0.353 e. The first-order valence-corrected chi connectivity index (χ1v) is 9.09. The first kappa shape index (κ1) is 18.3. The fourth-order valence-electron chi connectivity index (χ4n) is 2.88. The molecule has 0 atom stereocenters. The van der Waals surface area contributed by atoms with Crippen LogP contribution in [0.3, 0.4) is 0 Å². The van der Waals surface area contributed by atoms with Gasteiger partial charge in [0.25, 0.3) is 0 Å². The van der Waals surface area contributed by atoms with E-state index >= 15 is 0 Å². The van der Waals surface area contributed by atoms with Crippen molar-refractivity contribution in [3.8, 4) is 17.1 Å². The Kier molecular flexibility index (Phi) is 4.68. The lowest BCUT2D eigenvalue weighted by Gasteiger charge is -2.05. The zero-order valence-corrected chi connectivity index (χ0v) is 15.8. The maximum absolute atomic E-state index is 14.0. The van der Waals surface area contributed by atoms with Crippen molar-refractivity contribution < 1.29 is 8.81 Å². The van der Waals surface area contributed by atoms with Crippen LogP contribution in [-0.4, -0.2) is 21.3 Å². The summed E-state index contributed by atoms with van der Waals surface area (Å²) in [4.78, 5) is 25.0. The topological polar surface area (TPSA) is 73.3 Å². The van der Waals surface area contributed by atoms with Gasteiger partial charge in [-0.15, -0.1) is 0 Å². The summed E-state index contributed by atoms with van der Waals surface area (Å²) in [5.41, 5.74) is 1.07. The number of hydrogen-bond donors (Lipinski definition) is 0. The largest absolute Gasteiger partial charge is 0.432 e. The van der Waals surface area contributed by atoms with Gasteiger partial charge in [0.15, 0.2) is 11.6 Å². The normalized spacial score (nSPS) is 14.3. The van der Waals surface area contributed by atoms with Gasteiger partial charge in [-0.2, -0.15) is 9.97 Å². The van der Waals surface area contributed by atoms with E-state index in [4.69, 9.17) is 16.0 Å². The third-order valence-corrected chi connectivity index (χ3v) is 4.81. The SMILES string of the molecule is C=N/C(=C\C)c1nc(-n2ccc(C3CC3)nc2=O)c(-c2ccc(Cl)c(F)c2)o1. The number of nitrogens with zero attached hydrogens (tertiary/aromatic N) is 4. The molecule has 0 N–H and O–H groups in total. The lowest BCUT2D eigenvalue weighted by Crippen LogP contribution is -2.22. The lowest BCUT2D eigenvalue weighted by molar-refractivity contribution is 0.553. The molecule has 142 valence electrons. The molecule has 2 aromatic heterocycles. The van der Waals surface area contributed by atoms with Gasteiger partial charge in [0.05, 0.1) is 10.7 Å². The highest BCUT2D eigenvalue weighted by Gasteiger charge is 2.26. The Morgan fingerprint density at radius 1 is 1.39 bits per heavy atom. The molecule has 28 heavy (non-hydrogen) atoms. The van der Waals surface area contributed by atoms with Gasteiger partial charge < -0.3 is 4.42 Å². The quantitative estimate of drug-likeness (QED) is 0.588. The summed E-state index contributed by atoms with van der Waals surface area (Å²) in [7, 11) is 0. The molecule has 1 aliphatic carbocycles. The molecule has 3 aromatic rings. The van der Waals surface area contributed by atoms with Gasteiger partial charge in [-0.05, 0) is 50.7 Å². The highest BCUT2D eigenvalue weighted by atomic mass is 35.5. The van der Waals surface area contributed by atoms with E-state index in [9.17, 15) is 9.18 Å². The molecule has 4 rings (SSSR count). The molecule has 2 heterocycles. The maximum atomic E-state index is 14.0. The van der Waals surface area contributed by atoms with Gasteiger partial charge in [0.2, 0.25) is 5.89 Å². The molecule has 0 unspecified atom stereocenters. The van der Waals surface area contributed by atoms with E-state index in [1.54, 1.807) is 31.3 Å². The molecule has 0 spiro atoms. The van der Waals surface area contributed by atoms with Gasteiger partial charge in [0.1, 0.15) is 11.5 Å². The number of hydrogen-bond acceptors (Lipinski definition) is 5. The molecule has 1 aromatic carbocycles. The summed E-state index contributed by atoms with van der Waals surface area (Å²) < 4.78 is 21.1. The molecule has 0 amide bonds. The predicted molar refractivity (Wildman–Crippen MR) is 105 cm³/mol. The van der Waals surface area contributed by atoms with E-state index in [2.05, 4.69) is 21.7 Å². The fourth-order valence-corrected chi connectivity index (χ4v) is 2.99. The minimum atomic E-state index is -0.606. The molecule has 1 saturated carbocycles. The molecule has 0 saturated heterocycles. The second-order valence-electron chi connectivity index (χ2n) is 6.41. The Bertz CT molecular complexity index is 1160. The first-order chi connectivity index (χ1) is 13.5. The van der Waals surface area contributed by atoms with E-state index in [0.717, 1.165) is 18.5 Å². The van der Waals surface area contributed by atoms with Crippen molar-refractivity contribution in [3.05, 3.63) is 69.4 Å². The average Bonchev–Trinajstić information content (AvgIpc) is 3.45. The van der Waals surface area contributed by atoms with Crippen molar-refractivity contribution in [3.63, 3.8) is 0 Å². The van der Waals surface area contributed by atoms with Crippen LogP contribution in [-0.2, 0) is 0 Å². The summed E-state index contributed by atoms with van der Waals surface area (Å²) in [5, 5.41) is -0.0143. The monoisotopic (exact) mass is 398 g/mol. The highest BCUT2D eigenvalue weighted by molar-refractivity contribution is 6.30. The molecular weight excluding hydrogens is 383 g/mol. The van der Waals surface area contributed by atoms with Crippen molar-refractivity contribution in [2.75, 3.05) is 0 Å². The van der Waals surface area contributed by atoms with Crippen LogP contribution < -0.4 is 5.69 Å². The zero-order chi connectivity index (χ0) is 19.8. The van der Waals surface area contributed by atoms with Crippen molar-refractivity contribution in [1.82, 2.24) is 14.5 Å². The summed E-state index contributed by atoms with van der Waals surface area (Å²) in [5.74, 6) is 0.303. The van der Waals surface area contributed by atoms with Crippen LogP contribution in [0.5, 0.6) is 0 Å². The predicted octanol–water partition coefficient (Wildman–Crippen LogP) is 4.62. The van der Waals surface area contributed by atoms with E-state index in [1.807, 2.05) is 0 Å². The van der Waals surface area contributed by atoms with E-state index < -0.39 is 11.5 Å². The molecule has 6 nitrogen and oxygen atoms in total. The Hall–Kier alpha value is -3.06. The minimum absolute atomic E-state index is 0.0143. The highest BCUT2D eigenvalue weighted by Crippen LogP contribution is 2.38. The lowest BCUT2D eigenvalue weighted by atomic mass is 10.1. The number of aliphatic imine (C=N–C) groups is 1. The maximum Gasteiger partial charge on any atom is 0.353 e. The molecule has 1 fully saturated rings. The molecule has 0 radical (unpaired) electrons. The van der Waals surface area contributed by atoms with Crippen molar-refractivity contribution in [1.29, 1.82) is 0 Å². The van der Waals surface area contributed by atoms with E-state index in [-0.39, 0.29) is 22.5 Å². The van der Waals surface area contributed by atoms with E-state index in [1.165, 1.54) is 16.7 Å². The van der Waals surface area contributed by atoms with Crippen molar-refractivity contribution in [2.45, 2.75) is 25.7 Å². The van der Waals surface area contributed by atoms with Crippen LogP contribution in [0.15, 0.2) is 50.7 Å². The number of benzene rings is 1. The van der Waals surface area contributed by atoms with Crippen LogP contribution >= 0.6 is 11.6 Å². The molecule has 0 bridgehead atoms. The van der Waals surface area contributed by atoms with Crippen LogP contribution in [0.25, 0.3) is 22.8 Å². The number of aromatic nitrogens is 3. The molecule has 8 heteroatoms. The minimum Gasteiger partial charge on any atom is -0.432 e. The van der Waals surface area contributed by atoms with Crippen LogP contribution in [0.2, 0.25) is 5.02 Å². The number of oxazole rings is 1. The van der Waals surface area contributed by atoms with Gasteiger partial charge in [-0.1, -0.05) is 17.7 Å². The average molecular weight is 399 g/mol. The fraction of sp³-hybridized carbons (Fsp3) is 0.200. The summed E-state index contributed by atoms with van der Waals surface area (Å²) in [6.45, 7) is 5.25. The Labute approximate surface area is 165 Å². The van der Waals surface area contributed by atoms with Gasteiger partial charge in [0, 0.05) is 17.7 Å². The summed E-state index contributed by atoms with van der Waals surface area (Å²) in [6, 6.07) is 6.02. The van der Waals surface area contributed by atoms with Crippen LogP contribution in [0.1, 0.15) is 37.3 Å². The number of allylic oxidation sites excluding steroid dienone is 1. The second-order valence-corrected chi connectivity index (χ2v) is 6.82. The third kappa shape index (κ3) is 3.29. The second kappa shape index (κ2) is 7.16. The zero-order valence-electron chi connectivity index (χ0n) is 15.0. The molecule has 1 aliphatic rings. The van der Waals surface area contributed by atoms with Crippen molar-refractivity contribution in [2.24, 2.45) is 4.99 Å². The van der Waals surface area contributed by atoms with Crippen molar-refractivity contribution >= 4 is 24.0 Å².